The van der Waals surface area contributed by atoms with Gasteiger partial charge in [-0.15, -0.1) is 0 Å². The summed E-state index contributed by atoms with van der Waals surface area (Å²) in [7, 11) is 0. The Morgan fingerprint density at radius 1 is 1.28 bits per heavy atom. The number of aromatic nitrogens is 2. The largest absolute Gasteiger partial charge is 0.444 e. The van der Waals surface area contributed by atoms with Crippen LogP contribution in [-0.2, 0) is 4.74 Å². The quantitative estimate of drug-likeness (QED) is 0.839. The van der Waals surface area contributed by atoms with Gasteiger partial charge in [0.15, 0.2) is 0 Å². The molecule has 0 spiro atoms. The van der Waals surface area contributed by atoms with E-state index in [-0.39, 0.29) is 17.9 Å². The van der Waals surface area contributed by atoms with Gasteiger partial charge in [-0.2, -0.15) is 0 Å². The van der Waals surface area contributed by atoms with Gasteiger partial charge in [0.25, 0.3) is 11.6 Å². The molecule has 3 rings (SSSR count). The third-order valence-electron chi connectivity index (χ3n) is 4.96. The van der Waals surface area contributed by atoms with Crippen molar-refractivity contribution in [2.75, 3.05) is 13.1 Å². The van der Waals surface area contributed by atoms with Gasteiger partial charge in [-0.25, -0.2) is 9.78 Å². The van der Waals surface area contributed by atoms with Gasteiger partial charge >= 0.3 is 6.09 Å². The van der Waals surface area contributed by atoms with Crippen LogP contribution in [0.4, 0.5) is 4.79 Å². The van der Waals surface area contributed by atoms with Crippen LogP contribution in [0.3, 0.4) is 0 Å². The Hall–Kier alpha value is -2.64. The minimum Gasteiger partial charge on any atom is -0.444 e. The molecule has 0 bridgehead atoms. The monoisotopic (exact) mass is 402 g/mol. The number of rotatable bonds is 3. The molecule has 29 heavy (non-hydrogen) atoms. The van der Waals surface area contributed by atoms with E-state index < -0.39 is 11.7 Å². The first-order valence-corrected chi connectivity index (χ1v) is 10.1. The molecule has 3 heterocycles. The van der Waals surface area contributed by atoms with Crippen molar-refractivity contribution in [3.8, 4) is 0 Å². The second kappa shape index (κ2) is 8.00. The molecular formula is C21H30N4O4. The number of alkyl carbamates (subject to hydrolysis) is 1. The number of hydrogen-bond donors (Lipinski definition) is 1. The Bertz CT molecular complexity index is 905. The topological polar surface area (TPSA) is 97.6 Å². The minimum absolute atomic E-state index is 0.00471. The van der Waals surface area contributed by atoms with Crippen LogP contribution in [0.25, 0.3) is 11.1 Å². The first-order valence-electron chi connectivity index (χ1n) is 10.1. The highest BCUT2D eigenvalue weighted by molar-refractivity contribution is 6.06. The molecule has 1 aliphatic rings. The van der Waals surface area contributed by atoms with E-state index in [0.29, 0.717) is 48.3 Å². The second-order valence-corrected chi connectivity index (χ2v) is 8.91. The highest BCUT2D eigenvalue weighted by Crippen LogP contribution is 2.27. The minimum atomic E-state index is -0.530. The number of hydrogen-bond acceptors (Lipinski definition) is 6. The molecule has 0 radical (unpaired) electrons. The first kappa shape index (κ1) is 21.1. The fourth-order valence-electron chi connectivity index (χ4n) is 3.45. The zero-order chi connectivity index (χ0) is 21.3. The molecule has 1 aliphatic heterocycles. The predicted octanol–water partition coefficient (Wildman–Crippen LogP) is 3.78. The number of carbonyl (C=O) groups is 2. The van der Waals surface area contributed by atoms with Crippen molar-refractivity contribution in [2.45, 2.75) is 71.9 Å². The normalized spacial score (nSPS) is 15.8. The fourth-order valence-corrected chi connectivity index (χ4v) is 3.45. The summed E-state index contributed by atoms with van der Waals surface area (Å²) in [5.41, 5.74) is 1.92. The van der Waals surface area contributed by atoms with Crippen LogP contribution < -0.4 is 5.32 Å². The lowest BCUT2D eigenvalue weighted by Gasteiger charge is -2.33. The summed E-state index contributed by atoms with van der Waals surface area (Å²) < 4.78 is 10.6. The maximum absolute atomic E-state index is 13.3. The van der Waals surface area contributed by atoms with Crippen LogP contribution in [0, 0.1) is 6.92 Å². The van der Waals surface area contributed by atoms with Crippen molar-refractivity contribution >= 4 is 23.1 Å². The highest BCUT2D eigenvalue weighted by atomic mass is 16.6. The van der Waals surface area contributed by atoms with E-state index in [1.54, 1.807) is 0 Å². The zero-order valence-corrected chi connectivity index (χ0v) is 18.0. The van der Waals surface area contributed by atoms with E-state index in [9.17, 15) is 9.59 Å². The van der Waals surface area contributed by atoms with Crippen molar-refractivity contribution in [3.05, 3.63) is 23.0 Å². The Morgan fingerprint density at radius 2 is 1.93 bits per heavy atom. The summed E-state index contributed by atoms with van der Waals surface area (Å²) >= 11 is 0. The number of carbonyl (C=O) groups excluding carboxylic acids is 2. The van der Waals surface area contributed by atoms with Crippen LogP contribution in [-0.4, -0.2) is 51.8 Å². The number of nitrogens with zero attached hydrogens (tertiary/aromatic N) is 3. The lowest BCUT2D eigenvalue weighted by atomic mass is 10.0. The van der Waals surface area contributed by atoms with E-state index >= 15 is 0 Å². The van der Waals surface area contributed by atoms with Crippen LogP contribution in [0.5, 0.6) is 0 Å². The molecule has 0 atom stereocenters. The van der Waals surface area contributed by atoms with Gasteiger partial charge in [0.05, 0.1) is 16.6 Å². The fraction of sp³-hybridized carbons (Fsp3) is 0.619. The van der Waals surface area contributed by atoms with Crippen molar-refractivity contribution < 1.29 is 18.8 Å². The summed E-state index contributed by atoms with van der Waals surface area (Å²) in [4.78, 5) is 31.6. The molecule has 0 aliphatic carbocycles. The summed E-state index contributed by atoms with van der Waals surface area (Å²) in [5, 5.41) is 7.56. The molecule has 2 aromatic rings. The van der Waals surface area contributed by atoms with Gasteiger partial charge in [-0.3, -0.25) is 4.79 Å². The molecule has 2 aromatic heterocycles. The van der Waals surface area contributed by atoms with Crippen molar-refractivity contribution in [2.24, 2.45) is 0 Å². The van der Waals surface area contributed by atoms with Crippen molar-refractivity contribution in [1.82, 2.24) is 20.4 Å². The number of nitrogens with one attached hydrogen (secondary N) is 1. The number of ether oxygens (including phenoxy) is 1. The van der Waals surface area contributed by atoms with E-state index in [1.165, 1.54) is 0 Å². The van der Waals surface area contributed by atoms with Gasteiger partial charge < -0.3 is 19.5 Å². The number of pyridine rings is 1. The van der Waals surface area contributed by atoms with Gasteiger partial charge in [-0.1, -0.05) is 19.0 Å². The molecule has 158 valence electrons. The first-order chi connectivity index (χ1) is 13.5. The van der Waals surface area contributed by atoms with Gasteiger partial charge in [-0.05, 0) is 52.5 Å². The van der Waals surface area contributed by atoms with E-state index in [1.807, 2.05) is 52.5 Å². The molecule has 2 amide bonds. The van der Waals surface area contributed by atoms with E-state index in [2.05, 4.69) is 15.5 Å². The SMILES string of the molecule is Cc1noc2nc(C(C)C)cc(C(=O)N3CCC(NC(=O)OC(C)(C)C)CC3)c12. The van der Waals surface area contributed by atoms with Crippen LogP contribution in [0.15, 0.2) is 10.6 Å². The summed E-state index contributed by atoms with van der Waals surface area (Å²) in [6, 6.07) is 1.85. The average molecular weight is 402 g/mol. The molecule has 1 N–H and O–H groups in total. The van der Waals surface area contributed by atoms with E-state index in [4.69, 9.17) is 9.26 Å². The summed E-state index contributed by atoms with van der Waals surface area (Å²) in [6.07, 6.45) is 0.942. The molecule has 1 saturated heterocycles. The number of piperidine rings is 1. The second-order valence-electron chi connectivity index (χ2n) is 8.91. The van der Waals surface area contributed by atoms with Crippen LogP contribution in [0.1, 0.15) is 75.1 Å². The zero-order valence-electron chi connectivity index (χ0n) is 18.0. The van der Waals surface area contributed by atoms with Gasteiger partial charge in [0, 0.05) is 24.8 Å². The smallest absolute Gasteiger partial charge is 0.407 e. The Balaban J connectivity index is 1.71. The van der Waals surface area contributed by atoms with Crippen LogP contribution in [0.2, 0.25) is 0 Å². The molecular weight excluding hydrogens is 372 g/mol. The van der Waals surface area contributed by atoms with Crippen molar-refractivity contribution in [3.63, 3.8) is 0 Å². The average Bonchev–Trinajstić information content (AvgIpc) is 3.00. The molecule has 0 unspecified atom stereocenters. The van der Waals surface area contributed by atoms with Gasteiger partial charge in [0.2, 0.25) is 0 Å². The Labute approximate surface area is 171 Å². The number of likely N-dealkylation sites (tertiary alicyclic amines) is 1. The summed E-state index contributed by atoms with van der Waals surface area (Å²) in [6.45, 7) is 12.5. The summed E-state index contributed by atoms with van der Waals surface area (Å²) in [5.74, 6) is 0.112. The standard InChI is InChI=1S/C21H30N4O4/c1-12(2)16-11-15(17-13(3)24-29-18(17)23-16)19(26)25-9-7-14(8-10-25)22-20(27)28-21(4,5)6/h11-12,14H,7-10H2,1-6H3,(H,22,27). The number of aryl methyl sites for hydroxylation is 1. The maximum atomic E-state index is 13.3. The third-order valence-corrected chi connectivity index (χ3v) is 4.96. The Kier molecular flexibility index (Phi) is 5.82. The van der Waals surface area contributed by atoms with Crippen molar-refractivity contribution in [1.29, 1.82) is 0 Å². The molecule has 0 saturated carbocycles. The predicted molar refractivity (Wildman–Crippen MR) is 109 cm³/mol. The number of fused-ring (bicyclic) bond motifs is 1. The molecule has 0 aromatic carbocycles. The number of amides is 2. The molecule has 1 fully saturated rings. The lowest BCUT2D eigenvalue weighted by molar-refractivity contribution is 0.0474. The molecule has 8 nitrogen and oxygen atoms in total. The Morgan fingerprint density at radius 3 is 2.52 bits per heavy atom. The van der Waals surface area contributed by atoms with Crippen LogP contribution >= 0.6 is 0 Å². The molecule has 8 heteroatoms. The van der Waals surface area contributed by atoms with E-state index in [0.717, 1.165) is 5.69 Å². The third kappa shape index (κ3) is 4.86. The maximum Gasteiger partial charge on any atom is 0.407 e. The van der Waals surface area contributed by atoms with Gasteiger partial charge in [0.1, 0.15) is 5.60 Å². The highest BCUT2D eigenvalue weighted by Gasteiger charge is 2.28. The lowest BCUT2D eigenvalue weighted by Crippen LogP contribution is -2.47.